The molecule has 0 aliphatic carbocycles. The van der Waals surface area contributed by atoms with Crippen molar-refractivity contribution in [3.05, 3.63) is 108 Å². The Bertz CT molecular complexity index is 1090. The van der Waals surface area contributed by atoms with E-state index in [-0.39, 0.29) is 5.91 Å². The lowest BCUT2D eigenvalue weighted by Gasteiger charge is -2.16. The van der Waals surface area contributed by atoms with Crippen molar-refractivity contribution in [2.45, 2.75) is 41.0 Å². The number of nitrogens with zero attached hydrogens (tertiary/aromatic N) is 2. The molecule has 0 atom stereocenters. The Morgan fingerprint density at radius 1 is 0.868 bits per heavy atom. The largest absolute Gasteiger partial charge is 0.492 e. The molecule has 1 heterocycles. The summed E-state index contributed by atoms with van der Waals surface area (Å²) in [6, 6.07) is 22.9. The number of likely N-dealkylation sites (N-methyl/N-ethyl adjacent to an activating group) is 1. The van der Waals surface area contributed by atoms with Gasteiger partial charge in [0, 0.05) is 45.7 Å². The maximum Gasteiger partial charge on any atom is 0.245 e. The minimum absolute atomic E-state index is 0.0168. The van der Waals surface area contributed by atoms with Gasteiger partial charge in [-0.25, -0.2) is 0 Å². The molecule has 204 valence electrons. The predicted octanol–water partition coefficient (Wildman–Crippen LogP) is 7.12. The summed E-state index contributed by atoms with van der Waals surface area (Å²) in [7, 11) is 3.47. The maximum absolute atomic E-state index is 11.5. The summed E-state index contributed by atoms with van der Waals surface area (Å²) in [6.07, 6.45) is 7.98. The number of amides is 1. The van der Waals surface area contributed by atoms with Gasteiger partial charge in [0.05, 0.1) is 0 Å². The van der Waals surface area contributed by atoms with Crippen LogP contribution in [0.1, 0.15) is 57.7 Å². The van der Waals surface area contributed by atoms with Gasteiger partial charge in [-0.1, -0.05) is 83.2 Å². The topological polar surface area (TPSA) is 54.5 Å². The molecule has 0 bridgehead atoms. The number of carbonyl (C=O) groups excluding carboxylic acids is 1. The first-order valence-corrected chi connectivity index (χ1v) is 13.6. The van der Waals surface area contributed by atoms with Crippen LogP contribution in [0.15, 0.2) is 91.3 Å². The van der Waals surface area contributed by atoms with Crippen LogP contribution in [0.5, 0.6) is 5.75 Å². The zero-order valence-corrected chi connectivity index (χ0v) is 24.2. The molecule has 1 aromatic heterocycles. The van der Waals surface area contributed by atoms with Crippen molar-refractivity contribution in [3.8, 4) is 5.75 Å². The average molecular weight is 516 g/mol. The molecule has 0 unspecified atom stereocenters. The zero-order valence-electron chi connectivity index (χ0n) is 24.2. The molecule has 0 saturated carbocycles. The molecule has 3 aromatic rings. The van der Waals surface area contributed by atoms with Crippen LogP contribution in [0, 0.1) is 0 Å². The fourth-order valence-corrected chi connectivity index (χ4v) is 3.65. The molecule has 5 heteroatoms. The highest BCUT2D eigenvalue weighted by atomic mass is 16.5. The fraction of sp³-hybridized carbons (Fsp3) is 0.333. The van der Waals surface area contributed by atoms with Gasteiger partial charge in [0.1, 0.15) is 12.4 Å². The highest BCUT2D eigenvalue weighted by Crippen LogP contribution is 2.34. The molecular formula is C33H45N3O2. The van der Waals surface area contributed by atoms with Crippen LogP contribution in [0.2, 0.25) is 0 Å². The summed E-state index contributed by atoms with van der Waals surface area (Å²) in [6.45, 7) is 12.1. The molecule has 2 aromatic carbocycles. The van der Waals surface area contributed by atoms with E-state index < -0.39 is 0 Å². The van der Waals surface area contributed by atoms with Crippen molar-refractivity contribution in [2.75, 3.05) is 33.8 Å². The highest BCUT2D eigenvalue weighted by molar-refractivity contribution is 5.98. The van der Waals surface area contributed by atoms with Crippen LogP contribution >= 0.6 is 0 Å². The Labute approximate surface area is 230 Å². The van der Waals surface area contributed by atoms with Crippen molar-refractivity contribution in [3.63, 3.8) is 0 Å². The summed E-state index contributed by atoms with van der Waals surface area (Å²) < 4.78 is 5.90. The number of allylic oxidation sites excluding steroid dienone is 1. The van der Waals surface area contributed by atoms with E-state index in [2.05, 4.69) is 65.8 Å². The van der Waals surface area contributed by atoms with Crippen molar-refractivity contribution in [1.82, 2.24) is 15.2 Å². The minimum Gasteiger partial charge on any atom is -0.492 e. The van der Waals surface area contributed by atoms with Gasteiger partial charge in [0.25, 0.3) is 0 Å². The van der Waals surface area contributed by atoms with E-state index in [1.807, 2.05) is 64.4 Å². The summed E-state index contributed by atoms with van der Waals surface area (Å²) in [5.74, 6) is 0.813. The first-order valence-electron chi connectivity index (χ1n) is 13.6. The lowest BCUT2D eigenvalue weighted by molar-refractivity contribution is -0.123. The van der Waals surface area contributed by atoms with Crippen LogP contribution in [0.25, 0.3) is 11.1 Å². The van der Waals surface area contributed by atoms with Gasteiger partial charge in [-0.05, 0) is 58.5 Å². The van der Waals surface area contributed by atoms with E-state index in [1.165, 1.54) is 16.7 Å². The van der Waals surface area contributed by atoms with Crippen LogP contribution in [-0.4, -0.2) is 49.6 Å². The summed E-state index contributed by atoms with van der Waals surface area (Å²) in [4.78, 5) is 17.2. The Morgan fingerprint density at radius 3 is 2.05 bits per heavy atom. The molecule has 0 aliphatic heterocycles. The molecule has 38 heavy (non-hydrogen) atoms. The number of benzene rings is 2. The van der Waals surface area contributed by atoms with Crippen molar-refractivity contribution >= 4 is 17.1 Å². The number of ether oxygens (including phenoxy) is 1. The number of hydrogen-bond acceptors (Lipinski definition) is 4. The second-order valence-corrected chi connectivity index (χ2v) is 8.02. The highest BCUT2D eigenvalue weighted by Gasteiger charge is 2.13. The standard InChI is InChI=1S/C29H33N3O2.2C2H6/c1-4-27(23-9-6-5-7-10-23)29(25-16-19-31-20-17-25)24-12-14-26(15-13-24)34-22-21-30-18-8-11-28(33)32(2)3;2*1-2/h5-17,19-20,30H,4,18,21-22H2,1-3H3;2*1-2H3/b11-8+,29-27+;;. The minimum atomic E-state index is -0.0168. The summed E-state index contributed by atoms with van der Waals surface area (Å²) in [5.41, 5.74) is 6.03. The SMILES string of the molecule is CC.CC.CC/C(=C(\c1ccncc1)c1ccc(OCCNC/C=C/C(=O)N(C)C)cc1)c1ccccc1. The van der Waals surface area contributed by atoms with Crippen LogP contribution in [-0.2, 0) is 4.79 Å². The van der Waals surface area contributed by atoms with Gasteiger partial charge in [-0.3, -0.25) is 9.78 Å². The maximum atomic E-state index is 11.5. The normalized spacial score (nSPS) is 10.9. The third kappa shape index (κ3) is 10.7. The van der Waals surface area contributed by atoms with Crippen molar-refractivity contribution in [1.29, 1.82) is 0 Å². The molecule has 0 spiro atoms. The van der Waals surface area contributed by atoms with Crippen LogP contribution < -0.4 is 10.1 Å². The second-order valence-electron chi connectivity index (χ2n) is 8.02. The third-order valence-electron chi connectivity index (χ3n) is 5.40. The molecule has 0 fully saturated rings. The van der Waals surface area contributed by atoms with Gasteiger partial charge < -0.3 is 15.0 Å². The Hall–Kier alpha value is -3.70. The Balaban J connectivity index is 0.00000172. The lowest BCUT2D eigenvalue weighted by atomic mass is 9.88. The van der Waals surface area contributed by atoms with Gasteiger partial charge in [-0.15, -0.1) is 0 Å². The lowest BCUT2D eigenvalue weighted by Crippen LogP contribution is -2.22. The van der Waals surface area contributed by atoms with Crippen LogP contribution in [0.3, 0.4) is 0 Å². The number of hydrogen-bond donors (Lipinski definition) is 1. The van der Waals surface area contributed by atoms with Crippen LogP contribution in [0.4, 0.5) is 0 Å². The summed E-state index contributed by atoms with van der Waals surface area (Å²) in [5, 5.41) is 3.25. The van der Waals surface area contributed by atoms with Gasteiger partial charge >= 0.3 is 0 Å². The third-order valence-corrected chi connectivity index (χ3v) is 5.40. The quantitative estimate of drug-likeness (QED) is 0.168. The smallest absolute Gasteiger partial charge is 0.245 e. The van der Waals surface area contributed by atoms with E-state index in [1.54, 1.807) is 25.1 Å². The molecule has 3 rings (SSSR count). The van der Waals surface area contributed by atoms with E-state index >= 15 is 0 Å². The van der Waals surface area contributed by atoms with E-state index in [0.29, 0.717) is 19.7 Å². The Morgan fingerprint density at radius 2 is 1.47 bits per heavy atom. The second kappa shape index (κ2) is 19.4. The number of carbonyl (C=O) groups is 1. The predicted molar refractivity (Wildman–Crippen MR) is 162 cm³/mol. The number of nitrogens with one attached hydrogen (secondary N) is 1. The zero-order chi connectivity index (χ0) is 28.2. The van der Waals surface area contributed by atoms with Gasteiger partial charge in [0.15, 0.2) is 0 Å². The number of pyridine rings is 1. The molecule has 5 nitrogen and oxygen atoms in total. The molecule has 1 amide bonds. The van der Waals surface area contributed by atoms with Crippen molar-refractivity contribution in [2.24, 2.45) is 0 Å². The van der Waals surface area contributed by atoms with Gasteiger partial charge in [0.2, 0.25) is 5.91 Å². The van der Waals surface area contributed by atoms with E-state index in [4.69, 9.17) is 4.74 Å². The Kier molecular flexibility index (Phi) is 16.5. The molecule has 1 N–H and O–H groups in total. The van der Waals surface area contributed by atoms with Crippen molar-refractivity contribution < 1.29 is 9.53 Å². The first kappa shape index (κ1) is 32.3. The van der Waals surface area contributed by atoms with Gasteiger partial charge in [-0.2, -0.15) is 0 Å². The molecular weight excluding hydrogens is 470 g/mol. The number of aromatic nitrogens is 1. The van der Waals surface area contributed by atoms with E-state index in [9.17, 15) is 4.79 Å². The number of rotatable bonds is 11. The van der Waals surface area contributed by atoms with E-state index in [0.717, 1.165) is 23.3 Å². The molecule has 0 saturated heterocycles. The monoisotopic (exact) mass is 515 g/mol. The summed E-state index contributed by atoms with van der Waals surface area (Å²) >= 11 is 0. The molecule has 0 radical (unpaired) electrons. The average Bonchev–Trinajstić information content (AvgIpc) is 2.98. The fourth-order valence-electron chi connectivity index (χ4n) is 3.65. The first-order chi connectivity index (χ1) is 18.6. The molecule has 0 aliphatic rings.